The van der Waals surface area contributed by atoms with Crippen molar-refractivity contribution in [1.82, 2.24) is 0 Å². The van der Waals surface area contributed by atoms with Crippen molar-refractivity contribution in [2.45, 2.75) is 25.3 Å². The van der Waals surface area contributed by atoms with Gasteiger partial charge in [-0.15, -0.1) is 0 Å². The molecule has 0 saturated heterocycles. The van der Waals surface area contributed by atoms with Crippen LogP contribution in [0.15, 0.2) is 12.1 Å². The molecule has 0 radical (unpaired) electrons. The van der Waals surface area contributed by atoms with Gasteiger partial charge in [0.1, 0.15) is 0 Å². The second-order valence-electron chi connectivity index (χ2n) is 4.39. The number of nitrogens with two attached hydrogens (primary N) is 1. The predicted octanol–water partition coefficient (Wildman–Crippen LogP) is 0.760. The van der Waals surface area contributed by atoms with E-state index in [0.29, 0.717) is 12.2 Å². The monoisotopic (exact) mass is 251 g/mol. The summed E-state index contributed by atoms with van der Waals surface area (Å²) in [4.78, 5) is 11.0. The number of rotatable bonds is 4. The zero-order valence-corrected chi connectivity index (χ0v) is 10.3. The highest BCUT2D eigenvalue weighted by atomic mass is 16.5. The predicted molar refractivity (Wildman–Crippen MR) is 65.6 cm³/mol. The molecule has 18 heavy (non-hydrogen) atoms. The Morgan fingerprint density at radius 3 is 3.00 bits per heavy atom. The first-order valence-electron chi connectivity index (χ1n) is 5.90. The summed E-state index contributed by atoms with van der Waals surface area (Å²) < 4.78 is 10.0. The average molecular weight is 251 g/mol. The van der Waals surface area contributed by atoms with Crippen molar-refractivity contribution < 1.29 is 19.4 Å². The minimum atomic E-state index is -0.334. The van der Waals surface area contributed by atoms with Gasteiger partial charge < -0.3 is 20.3 Å². The van der Waals surface area contributed by atoms with E-state index in [1.165, 1.54) is 7.11 Å². The van der Waals surface area contributed by atoms with E-state index < -0.39 is 0 Å². The van der Waals surface area contributed by atoms with Gasteiger partial charge in [-0.05, 0) is 24.5 Å². The molecule has 0 aliphatic heterocycles. The molecule has 0 fully saturated rings. The Morgan fingerprint density at radius 2 is 2.28 bits per heavy atom. The zero-order chi connectivity index (χ0) is 13.1. The van der Waals surface area contributed by atoms with Crippen molar-refractivity contribution in [1.29, 1.82) is 0 Å². The van der Waals surface area contributed by atoms with E-state index in [4.69, 9.17) is 10.5 Å². The summed E-state index contributed by atoms with van der Waals surface area (Å²) in [5, 5.41) is 9.80. The van der Waals surface area contributed by atoms with Crippen LogP contribution in [0.2, 0.25) is 0 Å². The minimum Gasteiger partial charge on any atom is -0.504 e. The second kappa shape index (κ2) is 5.27. The third-order valence-electron chi connectivity index (χ3n) is 3.07. The average Bonchev–Trinajstić information content (AvgIpc) is 2.72. The third kappa shape index (κ3) is 2.56. The lowest BCUT2D eigenvalue weighted by atomic mass is 10.1. The third-order valence-corrected chi connectivity index (χ3v) is 3.07. The standard InChI is InChI=1S/C13H17NO4/c1-17-12(16)4-5-18-13-10-7-9(14)6-8(10)2-3-11(13)15/h2-3,9,15H,4-7,14H2,1H3. The van der Waals surface area contributed by atoms with Gasteiger partial charge in [-0.2, -0.15) is 0 Å². The van der Waals surface area contributed by atoms with Gasteiger partial charge in [-0.25, -0.2) is 0 Å². The smallest absolute Gasteiger partial charge is 0.308 e. The molecule has 1 aliphatic carbocycles. The van der Waals surface area contributed by atoms with Crippen molar-refractivity contribution >= 4 is 5.97 Å². The molecule has 0 spiro atoms. The quantitative estimate of drug-likeness (QED) is 0.772. The van der Waals surface area contributed by atoms with Gasteiger partial charge in [0.2, 0.25) is 0 Å². The van der Waals surface area contributed by atoms with Crippen molar-refractivity contribution in [3.8, 4) is 11.5 Å². The molecule has 0 bridgehead atoms. The number of phenolic OH excluding ortho intramolecular Hbond substituents is 1. The van der Waals surface area contributed by atoms with Crippen LogP contribution in [-0.2, 0) is 22.4 Å². The van der Waals surface area contributed by atoms with Gasteiger partial charge in [-0.1, -0.05) is 6.07 Å². The topological polar surface area (TPSA) is 81.8 Å². The molecular weight excluding hydrogens is 234 g/mol. The highest BCUT2D eigenvalue weighted by molar-refractivity contribution is 5.69. The second-order valence-corrected chi connectivity index (χ2v) is 4.39. The number of carbonyl (C=O) groups excluding carboxylic acids is 1. The Kier molecular flexibility index (Phi) is 3.72. The number of methoxy groups -OCH3 is 1. The van der Waals surface area contributed by atoms with Crippen LogP contribution in [0, 0.1) is 0 Å². The van der Waals surface area contributed by atoms with Crippen molar-refractivity contribution in [2.75, 3.05) is 13.7 Å². The molecule has 1 unspecified atom stereocenters. The van der Waals surface area contributed by atoms with E-state index >= 15 is 0 Å². The summed E-state index contributed by atoms with van der Waals surface area (Å²) >= 11 is 0. The van der Waals surface area contributed by atoms with Crippen molar-refractivity contribution in [2.24, 2.45) is 5.73 Å². The molecular formula is C13H17NO4. The molecule has 1 aromatic carbocycles. The van der Waals surface area contributed by atoms with E-state index in [2.05, 4.69) is 4.74 Å². The molecule has 5 heteroatoms. The highest BCUT2D eigenvalue weighted by Crippen LogP contribution is 2.37. The molecule has 3 N–H and O–H groups in total. The number of hydrogen-bond donors (Lipinski definition) is 2. The fourth-order valence-corrected chi connectivity index (χ4v) is 2.19. The number of phenols is 1. The van der Waals surface area contributed by atoms with Crippen LogP contribution in [0.3, 0.4) is 0 Å². The van der Waals surface area contributed by atoms with E-state index in [0.717, 1.165) is 17.5 Å². The number of benzene rings is 1. The number of carbonyl (C=O) groups is 1. The number of aromatic hydroxyl groups is 1. The maximum atomic E-state index is 11.0. The van der Waals surface area contributed by atoms with Crippen LogP contribution in [0.5, 0.6) is 11.5 Å². The van der Waals surface area contributed by atoms with Crippen LogP contribution >= 0.6 is 0 Å². The van der Waals surface area contributed by atoms with E-state index in [1.807, 2.05) is 6.07 Å². The molecule has 1 aromatic rings. The van der Waals surface area contributed by atoms with Crippen LogP contribution in [0.25, 0.3) is 0 Å². The van der Waals surface area contributed by atoms with Gasteiger partial charge in [-0.3, -0.25) is 4.79 Å². The normalized spacial score (nSPS) is 17.3. The lowest BCUT2D eigenvalue weighted by Crippen LogP contribution is -2.19. The Labute approximate surface area is 106 Å². The van der Waals surface area contributed by atoms with Crippen LogP contribution < -0.4 is 10.5 Å². The first kappa shape index (κ1) is 12.7. The SMILES string of the molecule is COC(=O)CCOc1c(O)ccc2c1CC(N)C2. The van der Waals surface area contributed by atoms with Gasteiger partial charge >= 0.3 is 5.97 Å². The van der Waals surface area contributed by atoms with E-state index in [9.17, 15) is 9.90 Å². The Morgan fingerprint density at radius 1 is 1.50 bits per heavy atom. The Hall–Kier alpha value is -1.75. The van der Waals surface area contributed by atoms with Crippen molar-refractivity contribution in [3.05, 3.63) is 23.3 Å². The summed E-state index contributed by atoms with van der Waals surface area (Å²) in [6.45, 7) is 0.186. The molecule has 5 nitrogen and oxygen atoms in total. The first-order chi connectivity index (χ1) is 8.61. The van der Waals surface area contributed by atoms with Crippen molar-refractivity contribution in [3.63, 3.8) is 0 Å². The molecule has 0 amide bonds. The maximum absolute atomic E-state index is 11.0. The molecule has 1 atom stereocenters. The molecule has 1 aliphatic rings. The fourth-order valence-electron chi connectivity index (χ4n) is 2.19. The summed E-state index contributed by atoms with van der Waals surface area (Å²) in [7, 11) is 1.33. The Bertz CT molecular complexity index is 459. The number of esters is 1. The zero-order valence-electron chi connectivity index (χ0n) is 10.3. The van der Waals surface area contributed by atoms with Gasteiger partial charge in [0.15, 0.2) is 11.5 Å². The summed E-state index contributed by atoms with van der Waals surface area (Å²) in [5.74, 6) is 0.204. The van der Waals surface area contributed by atoms with Crippen LogP contribution in [-0.4, -0.2) is 30.8 Å². The first-order valence-corrected chi connectivity index (χ1v) is 5.90. The molecule has 98 valence electrons. The van der Waals surface area contributed by atoms with Gasteiger partial charge in [0, 0.05) is 11.6 Å². The van der Waals surface area contributed by atoms with Crippen LogP contribution in [0.4, 0.5) is 0 Å². The number of fused-ring (bicyclic) bond motifs is 1. The molecule has 2 rings (SSSR count). The lowest BCUT2D eigenvalue weighted by molar-refractivity contribution is -0.141. The minimum absolute atomic E-state index is 0.0738. The van der Waals surface area contributed by atoms with Crippen LogP contribution in [0.1, 0.15) is 17.5 Å². The molecule has 0 aromatic heterocycles. The maximum Gasteiger partial charge on any atom is 0.308 e. The Balaban J connectivity index is 2.09. The molecule has 0 saturated carbocycles. The summed E-state index contributed by atoms with van der Waals surface area (Å²) in [5.41, 5.74) is 7.95. The largest absolute Gasteiger partial charge is 0.504 e. The lowest BCUT2D eigenvalue weighted by Gasteiger charge is -2.12. The van der Waals surface area contributed by atoms with E-state index in [-0.39, 0.29) is 30.8 Å². The van der Waals surface area contributed by atoms with E-state index in [1.54, 1.807) is 6.07 Å². The summed E-state index contributed by atoms with van der Waals surface area (Å²) in [6, 6.07) is 3.54. The molecule has 0 heterocycles. The number of ether oxygens (including phenoxy) is 2. The summed E-state index contributed by atoms with van der Waals surface area (Å²) in [6.07, 6.45) is 1.64. The number of hydrogen-bond acceptors (Lipinski definition) is 5. The highest BCUT2D eigenvalue weighted by Gasteiger charge is 2.24. The fraction of sp³-hybridized carbons (Fsp3) is 0.462. The van der Waals surface area contributed by atoms with Gasteiger partial charge in [0.05, 0.1) is 20.1 Å². The van der Waals surface area contributed by atoms with Gasteiger partial charge in [0.25, 0.3) is 0 Å².